The van der Waals surface area contributed by atoms with Gasteiger partial charge in [0.15, 0.2) is 0 Å². The molecule has 0 N–H and O–H groups in total. The van der Waals surface area contributed by atoms with Crippen LogP contribution in [0.25, 0.3) is 41.5 Å². The van der Waals surface area contributed by atoms with Crippen LogP contribution < -0.4 is 9.80 Å². The molecule has 0 fully saturated rings. The third kappa shape index (κ3) is 12.2. The maximum atomic E-state index is 2.35. The van der Waals surface area contributed by atoms with Crippen molar-refractivity contribution < 1.29 is 0 Å². The van der Waals surface area contributed by atoms with Crippen molar-refractivity contribution >= 4 is 64.5 Å². The predicted molar refractivity (Wildman–Crippen MR) is 305 cm³/mol. The average molecular weight is 913 g/mol. The fourth-order valence-corrected chi connectivity index (χ4v) is 8.91. The molecule has 0 saturated carbocycles. The molecule has 0 unspecified atom stereocenters. The fourth-order valence-electron chi connectivity index (χ4n) is 8.91. The molecule has 0 radical (unpaired) electrons. The molecular weight excluding hydrogens is 857 g/mol. The first-order valence-corrected chi connectivity index (χ1v) is 24.6. The minimum absolute atomic E-state index is 0.901. The van der Waals surface area contributed by atoms with Gasteiger partial charge in [-0.25, -0.2) is 0 Å². The molecule has 10 aromatic carbocycles. The van der Waals surface area contributed by atoms with E-state index < -0.39 is 0 Å². The van der Waals surface area contributed by atoms with Crippen LogP contribution in [0.5, 0.6) is 0 Å². The molecule has 0 saturated heterocycles. The van der Waals surface area contributed by atoms with Crippen molar-refractivity contribution in [3.63, 3.8) is 0 Å². The summed E-state index contributed by atoms with van der Waals surface area (Å²) in [5.74, 6) is 0. The van der Waals surface area contributed by atoms with Gasteiger partial charge in [0.2, 0.25) is 0 Å². The van der Waals surface area contributed by atoms with Crippen molar-refractivity contribution in [3.8, 4) is 11.1 Å². The molecule has 2 heteroatoms. The molecule has 0 spiro atoms. The number of anilines is 6. The molecule has 0 amide bonds. The van der Waals surface area contributed by atoms with Crippen LogP contribution in [-0.2, 0) is 19.3 Å². The number of nitrogens with zero attached hydrogens (tertiary/aromatic N) is 2. The first kappa shape index (κ1) is 45.8. The highest BCUT2D eigenvalue weighted by molar-refractivity contribution is 5.82. The Morgan fingerprint density at radius 1 is 0.225 bits per heavy atom. The molecule has 0 aromatic heterocycles. The van der Waals surface area contributed by atoms with Crippen LogP contribution in [0, 0.1) is 0 Å². The molecule has 10 aromatic rings. The van der Waals surface area contributed by atoms with Gasteiger partial charge >= 0.3 is 0 Å². The van der Waals surface area contributed by atoms with E-state index in [-0.39, 0.29) is 0 Å². The lowest BCUT2D eigenvalue weighted by molar-refractivity contribution is 0.960. The summed E-state index contributed by atoms with van der Waals surface area (Å²) in [6, 6.07) is 95.7. The largest absolute Gasteiger partial charge is 0.311 e. The molecule has 0 heterocycles. The second-order valence-electron chi connectivity index (χ2n) is 17.8. The zero-order chi connectivity index (χ0) is 47.9. The van der Waals surface area contributed by atoms with Gasteiger partial charge in [-0.2, -0.15) is 0 Å². The van der Waals surface area contributed by atoms with E-state index in [1.54, 1.807) is 0 Å². The summed E-state index contributed by atoms with van der Waals surface area (Å²) in [6.45, 7) is 0. The number of hydrogen-bond acceptors (Lipinski definition) is 2. The smallest absolute Gasteiger partial charge is 0.0462 e. The van der Waals surface area contributed by atoms with E-state index in [1.807, 2.05) is 12.1 Å². The van der Waals surface area contributed by atoms with E-state index >= 15 is 0 Å². The van der Waals surface area contributed by atoms with Crippen molar-refractivity contribution in [3.05, 3.63) is 318 Å². The first-order valence-electron chi connectivity index (χ1n) is 24.6. The van der Waals surface area contributed by atoms with Crippen LogP contribution in [0.3, 0.4) is 0 Å². The Bertz CT molecular complexity index is 3290. The Balaban J connectivity index is 0.909. The molecule has 0 aliphatic carbocycles. The van der Waals surface area contributed by atoms with E-state index in [9.17, 15) is 0 Å². The summed E-state index contributed by atoms with van der Waals surface area (Å²) in [5, 5.41) is 0. The van der Waals surface area contributed by atoms with Crippen molar-refractivity contribution in [2.24, 2.45) is 0 Å². The Hall–Kier alpha value is -8.98. The molecule has 10 rings (SSSR count). The summed E-state index contributed by atoms with van der Waals surface area (Å²) in [4.78, 5) is 4.69. The molecule has 342 valence electrons. The number of rotatable bonds is 17. The maximum absolute atomic E-state index is 2.35. The summed E-state index contributed by atoms with van der Waals surface area (Å²) < 4.78 is 0. The summed E-state index contributed by atoms with van der Waals surface area (Å²) in [5.41, 5.74) is 18.8. The van der Waals surface area contributed by atoms with E-state index in [1.165, 1.54) is 33.4 Å². The second kappa shape index (κ2) is 22.9. The lowest BCUT2D eigenvalue weighted by atomic mass is 10.0. The van der Waals surface area contributed by atoms with Gasteiger partial charge in [-0.15, -0.1) is 0 Å². The standard InChI is InChI=1S/C69H56N2/c1-5-14-54(15-6-1)22-13-23-58-30-42-64(43-31-58)70(65-44-32-59(33-45-65)27-24-55-16-7-2-8-17-55)68-50-38-62(39-51-68)63-40-52-69(53-41-63)71(66-46-34-60(35-47-66)28-25-56-18-9-3-10-19-56)67-48-36-61(37-49-67)29-26-57-20-11-4-12-21-57/h1-21,23-25,27-28,30-53H,22,26,29H2. The Labute approximate surface area is 420 Å². The van der Waals surface area contributed by atoms with Gasteiger partial charge < -0.3 is 9.80 Å². The number of hydrogen-bond donors (Lipinski definition) is 0. The van der Waals surface area contributed by atoms with Crippen molar-refractivity contribution in [2.45, 2.75) is 19.3 Å². The normalized spacial score (nSPS) is 11.4. The van der Waals surface area contributed by atoms with Crippen molar-refractivity contribution in [2.75, 3.05) is 9.80 Å². The van der Waals surface area contributed by atoms with Crippen LogP contribution >= 0.6 is 0 Å². The highest BCUT2D eigenvalue weighted by atomic mass is 15.1. The second-order valence-corrected chi connectivity index (χ2v) is 17.8. The SMILES string of the molecule is C(=Cc1ccc(N(c2ccc(C=Cc3ccccc3)cc2)c2ccc(-c3ccc(N(c4ccc(C=Cc5ccccc5)cc4)c4ccc(CCc5ccccc5)cc4)cc3)cc2)cc1)Cc1ccccc1. The zero-order valence-corrected chi connectivity index (χ0v) is 39.9. The molecule has 0 aliphatic heterocycles. The molecule has 0 atom stereocenters. The maximum Gasteiger partial charge on any atom is 0.0462 e. The quantitative estimate of drug-likeness (QED) is 0.0840. The minimum Gasteiger partial charge on any atom is -0.311 e. The Kier molecular flexibility index (Phi) is 14.8. The van der Waals surface area contributed by atoms with Gasteiger partial charge in [-0.05, 0) is 148 Å². The van der Waals surface area contributed by atoms with Crippen LogP contribution in [0.4, 0.5) is 34.1 Å². The third-order valence-corrected chi connectivity index (χ3v) is 12.8. The van der Waals surface area contributed by atoms with Gasteiger partial charge in [-0.1, -0.05) is 231 Å². The van der Waals surface area contributed by atoms with Gasteiger partial charge in [0, 0.05) is 34.1 Å². The van der Waals surface area contributed by atoms with Crippen molar-refractivity contribution in [1.29, 1.82) is 0 Å². The molecule has 0 aliphatic rings. The summed E-state index contributed by atoms with van der Waals surface area (Å²) in [7, 11) is 0. The van der Waals surface area contributed by atoms with Gasteiger partial charge in [0.05, 0.1) is 0 Å². The number of benzene rings is 10. The molecule has 0 bridgehead atoms. The minimum atomic E-state index is 0.901. The monoisotopic (exact) mass is 912 g/mol. The van der Waals surface area contributed by atoms with Crippen LogP contribution in [-0.4, -0.2) is 0 Å². The van der Waals surface area contributed by atoms with Crippen LogP contribution in [0.2, 0.25) is 0 Å². The number of aryl methyl sites for hydroxylation is 2. The lowest BCUT2D eigenvalue weighted by Crippen LogP contribution is -2.10. The molecular formula is C69H56N2. The van der Waals surface area contributed by atoms with Gasteiger partial charge in [0.25, 0.3) is 0 Å². The summed E-state index contributed by atoms with van der Waals surface area (Å²) in [6.07, 6.45) is 16.0. The average Bonchev–Trinajstić information content (AvgIpc) is 3.44. The van der Waals surface area contributed by atoms with E-state index in [4.69, 9.17) is 0 Å². The van der Waals surface area contributed by atoms with Crippen LogP contribution in [0.15, 0.2) is 273 Å². The first-order chi connectivity index (χ1) is 35.2. The molecule has 71 heavy (non-hydrogen) atoms. The van der Waals surface area contributed by atoms with E-state index in [0.29, 0.717) is 0 Å². The van der Waals surface area contributed by atoms with Crippen molar-refractivity contribution in [1.82, 2.24) is 0 Å². The lowest BCUT2D eigenvalue weighted by Gasteiger charge is -2.26. The van der Waals surface area contributed by atoms with E-state index in [0.717, 1.165) is 75.6 Å². The summed E-state index contributed by atoms with van der Waals surface area (Å²) >= 11 is 0. The zero-order valence-electron chi connectivity index (χ0n) is 39.9. The highest BCUT2D eigenvalue weighted by Crippen LogP contribution is 2.39. The van der Waals surface area contributed by atoms with E-state index in [2.05, 4.69) is 301 Å². The predicted octanol–water partition coefficient (Wildman–Crippen LogP) is 18.7. The fraction of sp³-hybridized carbons (Fsp3) is 0.0435. The molecule has 2 nitrogen and oxygen atoms in total. The van der Waals surface area contributed by atoms with Crippen LogP contribution in [0.1, 0.15) is 44.5 Å². The highest BCUT2D eigenvalue weighted by Gasteiger charge is 2.15. The topological polar surface area (TPSA) is 6.48 Å². The Morgan fingerprint density at radius 2 is 0.493 bits per heavy atom. The van der Waals surface area contributed by atoms with Gasteiger partial charge in [-0.3, -0.25) is 0 Å². The number of allylic oxidation sites excluding steroid dienone is 1. The third-order valence-electron chi connectivity index (χ3n) is 12.8. The van der Waals surface area contributed by atoms with Gasteiger partial charge in [0.1, 0.15) is 0 Å². The Morgan fingerprint density at radius 3 is 0.859 bits per heavy atom.